The van der Waals surface area contributed by atoms with Gasteiger partial charge in [-0.3, -0.25) is 4.79 Å². The zero-order valence-corrected chi connectivity index (χ0v) is 15.2. The van der Waals surface area contributed by atoms with Gasteiger partial charge in [0.05, 0.1) is 11.0 Å². The lowest BCUT2D eigenvalue weighted by atomic mass is 9.48. The summed E-state index contributed by atoms with van der Waals surface area (Å²) in [7, 11) is 0. The fraction of sp³-hybridized carbons (Fsp3) is 0.632. The number of carbonyl (C=O) groups is 1. The summed E-state index contributed by atoms with van der Waals surface area (Å²) in [6, 6.07) is 7.69. The van der Waals surface area contributed by atoms with Crippen molar-refractivity contribution >= 4 is 29.3 Å². The maximum Gasteiger partial charge on any atom is 0.312 e. The maximum absolute atomic E-state index is 12.7. The SMILES string of the molecule is O=C(OCCSc1ccc(Cl)cc1)C12C[C@@H]3C[C@@H](CC(O)(C3)C1)C2. The third-order valence-corrected chi connectivity index (χ3v) is 7.09. The zero-order valence-electron chi connectivity index (χ0n) is 13.7. The van der Waals surface area contributed by atoms with E-state index in [0.717, 1.165) is 41.4 Å². The second kappa shape index (κ2) is 6.22. The largest absolute Gasteiger partial charge is 0.464 e. The highest BCUT2D eigenvalue weighted by atomic mass is 35.5. The lowest BCUT2D eigenvalue weighted by Crippen LogP contribution is -2.58. The van der Waals surface area contributed by atoms with Crippen LogP contribution in [0.4, 0.5) is 0 Å². The fourth-order valence-corrected chi connectivity index (χ4v) is 6.29. The summed E-state index contributed by atoms with van der Waals surface area (Å²) in [6.45, 7) is 0.418. The van der Waals surface area contributed by atoms with Crippen LogP contribution in [0.1, 0.15) is 38.5 Å². The molecule has 3 nitrogen and oxygen atoms in total. The van der Waals surface area contributed by atoms with E-state index in [-0.39, 0.29) is 5.97 Å². The molecule has 0 amide bonds. The summed E-state index contributed by atoms with van der Waals surface area (Å²) in [6.07, 6.45) is 5.37. The van der Waals surface area contributed by atoms with E-state index < -0.39 is 11.0 Å². The second-order valence-corrected chi connectivity index (χ2v) is 9.51. The molecule has 1 N–H and O–H groups in total. The molecule has 24 heavy (non-hydrogen) atoms. The van der Waals surface area contributed by atoms with Crippen LogP contribution in [0.15, 0.2) is 29.2 Å². The number of halogens is 1. The standard InChI is InChI=1S/C19H23ClO3S/c20-15-1-3-16(4-2-15)24-6-5-23-17(21)18-8-13-7-14(9-18)11-19(22,10-13)12-18/h1-4,13-14,22H,5-12H2/t13-,14+,18?,19?. The third-order valence-electron chi connectivity index (χ3n) is 5.86. The molecule has 0 saturated heterocycles. The van der Waals surface area contributed by atoms with E-state index in [9.17, 15) is 9.90 Å². The zero-order chi connectivity index (χ0) is 16.8. The number of ether oxygens (including phenoxy) is 1. The summed E-state index contributed by atoms with van der Waals surface area (Å²) in [4.78, 5) is 13.9. The maximum atomic E-state index is 12.7. The van der Waals surface area contributed by atoms with Crippen LogP contribution in [0.3, 0.4) is 0 Å². The Morgan fingerprint density at radius 2 is 1.88 bits per heavy atom. The van der Waals surface area contributed by atoms with Crippen LogP contribution in [0.25, 0.3) is 0 Å². The monoisotopic (exact) mass is 366 g/mol. The first-order valence-corrected chi connectivity index (χ1v) is 10.1. The lowest BCUT2D eigenvalue weighted by molar-refractivity contribution is -0.195. The Balaban J connectivity index is 1.31. The highest BCUT2D eigenvalue weighted by Gasteiger charge is 2.60. The molecule has 1 aromatic rings. The van der Waals surface area contributed by atoms with Crippen LogP contribution in [-0.4, -0.2) is 29.0 Å². The second-order valence-electron chi connectivity index (χ2n) is 7.90. The first-order valence-electron chi connectivity index (χ1n) is 8.74. The van der Waals surface area contributed by atoms with E-state index in [4.69, 9.17) is 16.3 Å². The summed E-state index contributed by atoms with van der Waals surface area (Å²) in [5.41, 5.74) is -1.02. The van der Waals surface area contributed by atoms with Gasteiger partial charge < -0.3 is 9.84 Å². The predicted molar refractivity (Wildman–Crippen MR) is 95.2 cm³/mol. The van der Waals surface area contributed by atoms with Gasteiger partial charge in [-0.2, -0.15) is 0 Å². The van der Waals surface area contributed by atoms with E-state index >= 15 is 0 Å². The molecule has 4 saturated carbocycles. The molecule has 0 spiro atoms. The van der Waals surface area contributed by atoms with Gasteiger partial charge in [-0.25, -0.2) is 0 Å². The Morgan fingerprint density at radius 3 is 2.50 bits per heavy atom. The minimum absolute atomic E-state index is 0.0771. The van der Waals surface area contributed by atoms with Crippen molar-refractivity contribution in [2.24, 2.45) is 17.3 Å². The highest BCUT2D eigenvalue weighted by molar-refractivity contribution is 7.99. The quantitative estimate of drug-likeness (QED) is 0.479. The number of benzene rings is 1. The Labute approximate surface area is 152 Å². The molecule has 4 aliphatic carbocycles. The van der Waals surface area contributed by atoms with Gasteiger partial charge in [-0.1, -0.05) is 11.6 Å². The molecule has 0 aliphatic heterocycles. The van der Waals surface area contributed by atoms with Gasteiger partial charge in [-0.15, -0.1) is 11.8 Å². The molecule has 5 rings (SSSR count). The predicted octanol–water partition coefficient (Wildman–Crippen LogP) is 4.31. The van der Waals surface area contributed by atoms with Crippen LogP contribution in [-0.2, 0) is 9.53 Å². The molecule has 4 aliphatic rings. The highest BCUT2D eigenvalue weighted by Crippen LogP contribution is 2.61. The fourth-order valence-electron chi connectivity index (χ4n) is 5.43. The van der Waals surface area contributed by atoms with Crippen molar-refractivity contribution in [2.75, 3.05) is 12.4 Å². The normalized spacial score (nSPS) is 36.8. The Morgan fingerprint density at radius 1 is 1.21 bits per heavy atom. The average molecular weight is 367 g/mol. The van der Waals surface area contributed by atoms with E-state index in [1.807, 2.05) is 24.3 Å². The van der Waals surface area contributed by atoms with Gasteiger partial charge >= 0.3 is 5.97 Å². The number of rotatable bonds is 5. The van der Waals surface area contributed by atoms with Gasteiger partial charge in [0.15, 0.2) is 0 Å². The summed E-state index contributed by atoms with van der Waals surface area (Å²) in [5, 5.41) is 11.5. The number of esters is 1. The Bertz CT molecular complexity index is 616. The van der Waals surface area contributed by atoms with Crippen molar-refractivity contribution in [3.63, 3.8) is 0 Å². The number of aliphatic hydroxyl groups is 1. The number of hydrogen-bond acceptors (Lipinski definition) is 4. The van der Waals surface area contributed by atoms with Crippen LogP contribution < -0.4 is 0 Å². The molecule has 4 fully saturated rings. The number of hydrogen-bond donors (Lipinski definition) is 1. The van der Waals surface area contributed by atoms with Gasteiger partial charge in [-0.05, 0) is 74.6 Å². The van der Waals surface area contributed by atoms with Crippen molar-refractivity contribution in [1.29, 1.82) is 0 Å². The summed E-state index contributed by atoms with van der Waals surface area (Å²) < 4.78 is 5.62. The number of carbonyl (C=O) groups excluding carboxylic acids is 1. The summed E-state index contributed by atoms with van der Waals surface area (Å²) >= 11 is 7.54. The summed E-state index contributed by atoms with van der Waals surface area (Å²) in [5.74, 6) is 1.67. The van der Waals surface area contributed by atoms with Crippen molar-refractivity contribution in [3.8, 4) is 0 Å². The van der Waals surface area contributed by atoms with Crippen molar-refractivity contribution in [3.05, 3.63) is 29.3 Å². The average Bonchev–Trinajstić information content (AvgIpc) is 2.50. The minimum atomic E-state index is -0.610. The van der Waals surface area contributed by atoms with E-state index in [0.29, 0.717) is 24.9 Å². The van der Waals surface area contributed by atoms with Crippen molar-refractivity contribution in [1.82, 2.24) is 0 Å². The third kappa shape index (κ3) is 3.21. The first-order chi connectivity index (χ1) is 11.5. The number of thioether (sulfide) groups is 1. The molecule has 4 bridgehead atoms. The van der Waals surface area contributed by atoms with Gasteiger partial charge in [0, 0.05) is 15.7 Å². The van der Waals surface area contributed by atoms with E-state index in [1.165, 1.54) is 6.42 Å². The minimum Gasteiger partial charge on any atom is -0.464 e. The Kier molecular flexibility index (Phi) is 4.34. The molecule has 0 aromatic heterocycles. The molecule has 2 unspecified atom stereocenters. The molecular weight excluding hydrogens is 344 g/mol. The van der Waals surface area contributed by atoms with Crippen LogP contribution in [0, 0.1) is 17.3 Å². The molecule has 0 radical (unpaired) electrons. The van der Waals surface area contributed by atoms with Gasteiger partial charge in [0.25, 0.3) is 0 Å². The first kappa shape index (κ1) is 16.7. The van der Waals surface area contributed by atoms with E-state index in [1.54, 1.807) is 11.8 Å². The van der Waals surface area contributed by atoms with Crippen LogP contribution in [0.5, 0.6) is 0 Å². The molecule has 5 heteroatoms. The molecule has 4 atom stereocenters. The molecule has 1 aromatic carbocycles. The molecule has 0 heterocycles. The molecular formula is C19H23ClO3S. The smallest absolute Gasteiger partial charge is 0.312 e. The van der Waals surface area contributed by atoms with Gasteiger partial charge in [0.1, 0.15) is 6.61 Å². The van der Waals surface area contributed by atoms with Crippen LogP contribution >= 0.6 is 23.4 Å². The van der Waals surface area contributed by atoms with Crippen molar-refractivity contribution in [2.45, 2.75) is 49.0 Å². The molecule has 130 valence electrons. The van der Waals surface area contributed by atoms with E-state index in [2.05, 4.69) is 0 Å². The topological polar surface area (TPSA) is 46.5 Å². The van der Waals surface area contributed by atoms with Crippen LogP contribution in [0.2, 0.25) is 5.02 Å². The Hall–Kier alpha value is -0.710. The lowest BCUT2D eigenvalue weighted by Gasteiger charge is -2.58. The van der Waals surface area contributed by atoms with Crippen molar-refractivity contribution < 1.29 is 14.6 Å². The van der Waals surface area contributed by atoms with Gasteiger partial charge in [0.2, 0.25) is 0 Å².